The van der Waals surface area contributed by atoms with Gasteiger partial charge in [0.1, 0.15) is 4.21 Å². The fraction of sp³-hybridized carbons (Fsp3) is 0.130. The number of hydrogen-bond acceptors (Lipinski definition) is 7. The van der Waals surface area contributed by atoms with Gasteiger partial charge in [-0.05, 0) is 60.3 Å². The molecule has 2 aromatic carbocycles. The van der Waals surface area contributed by atoms with Crippen molar-refractivity contribution in [1.29, 1.82) is 0 Å². The van der Waals surface area contributed by atoms with Crippen LogP contribution in [0.2, 0.25) is 9.36 Å². The largest absolute Gasteiger partial charge is 0.494 e. The number of nitrogens with one attached hydrogen (secondary N) is 3. The second-order valence-electron chi connectivity index (χ2n) is 7.65. The Bertz CT molecular complexity index is 1630. The van der Waals surface area contributed by atoms with Crippen LogP contribution in [0.5, 0.6) is 5.88 Å². The second kappa shape index (κ2) is 10.4. The van der Waals surface area contributed by atoms with Crippen molar-refractivity contribution < 1.29 is 18.3 Å². The highest BCUT2D eigenvalue weighted by Gasteiger charge is 2.20. The number of benzene rings is 2. The Balaban J connectivity index is 1.58. The molecule has 0 aliphatic heterocycles. The van der Waals surface area contributed by atoms with E-state index >= 15 is 0 Å². The summed E-state index contributed by atoms with van der Waals surface area (Å²) >= 11 is 12.9. The molecule has 4 aromatic rings. The zero-order valence-electron chi connectivity index (χ0n) is 18.7. The zero-order chi connectivity index (χ0) is 26.0. The van der Waals surface area contributed by atoms with E-state index in [2.05, 4.69) is 10.6 Å². The van der Waals surface area contributed by atoms with Gasteiger partial charge in [0.2, 0.25) is 5.88 Å². The van der Waals surface area contributed by atoms with Crippen molar-refractivity contribution in [3.63, 3.8) is 0 Å². The minimum absolute atomic E-state index is 0.0404. The standard InChI is InChI=1S/C23H20Cl2N4O5S2/c1-2-9-26-14-3-5-16-13(10-14)11-20(30)29(22(16)31)18-6-4-15(12-17(18)24)27-23(32)28-36(33,34)21-8-7-19(25)35-21/h3-8,10-12,26,31H,2,9H2,1H3,(H2,27,28,32). The molecule has 36 heavy (non-hydrogen) atoms. The van der Waals surface area contributed by atoms with Crippen LogP contribution in [0.4, 0.5) is 16.2 Å². The first-order chi connectivity index (χ1) is 17.1. The molecule has 13 heteroatoms. The van der Waals surface area contributed by atoms with E-state index in [0.717, 1.165) is 34.6 Å². The zero-order valence-corrected chi connectivity index (χ0v) is 21.9. The number of aromatic hydroxyl groups is 1. The predicted molar refractivity (Wildman–Crippen MR) is 144 cm³/mol. The molecule has 2 heterocycles. The molecule has 4 N–H and O–H groups in total. The van der Waals surface area contributed by atoms with E-state index in [-0.39, 0.29) is 30.8 Å². The number of urea groups is 1. The van der Waals surface area contributed by atoms with Crippen LogP contribution in [-0.4, -0.2) is 30.7 Å². The molecule has 9 nitrogen and oxygen atoms in total. The summed E-state index contributed by atoms with van der Waals surface area (Å²) in [6.45, 7) is 2.82. The number of fused-ring (bicyclic) bond motifs is 1. The molecule has 188 valence electrons. The summed E-state index contributed by atoms with van der Waals surface area (Å²) < 4.78 is 27.7. The molecule has 0 radical (unpaired) electrons. The molecule has 0 atom stereocenters. The Hall–Kier alpha value is -3.25. The highest BCUT2D eigenvalue weighted by molar-refractivity contribution is 7.92. The molecule has 0 bridgehead atoms. The van der Waals surface area contributed by atoms with E-state index in [1.807, 2.05) is 11.6 Å². The van der Waals surface area contributed by atoms with E-state index in [1.165, 1.54) is 36.4 Å². The lowest BCUT2D eigenvalue weighted by atomic mass is 10.1. The van der Waals surface area contributed by atoms with E-state index in [0.29, 0.717) is 10.8 Å². The van der Waals surface area contributed by atoms with Crippen molar-refractivity contribution in [2.24, 2.45) is 0 Å². The maximum atomic E-state index is 12.9. The molecular formula is C23H20Cl2N4O5S2. The number of hydrogen-bond donors (Lipinski definition) is 4. The smallest absolute Gasteiger partial charge is 0.333 e. The van der Waals surface area contributed by atoms with Crippen molar-refractivity contribution >= 4 is 72.7 Å². The van der Waals surface area contributed by atoms with Crippen LogP contribution in [0.1, 0.15) is 13.3 Å². The van der Waals surface area contributed by atoms with Crippen molar-refractivity contribution in [2.75, 3.05) is 17.2 Å². The maximum Gasteiger partial charge on any atom is 0.333 e. The van der Waals surface area contributed by atoms with Gasteiger partial charge in [-0.3, -0.25) is 4.79 Å². The van der Waals surface area contributed by atoms with E-state index in [9.17, 15) is 23.1 Å². The lowest BCUT2D eigenvalue weighted by Crippen LogP contribution is -2.33. The molecule has 2 amide bonds. The molecule has 0 spiro atoms. The van der Waals surface area contributed by atoms with Crippen LogP contribution >= 0.6 is 34.5 Å². The van der Waals surface area contributed by atoms with Gasteiger partial charge in [-0.1, -0.05) is 30.1 Å². The monoisotopic (exact) mass is 566 g/mol. The van der Waals surface area contributed by atoms with Gasteiger partial charge in [-0.25, -0.2) is 22.5 Å². The average Bonchev–Trinajstić information content (AvgIpc) is 3.26. The van der Waals surface area contributed by atoms with Gasteiger partial charge in [0.05, 0.1) is 15.0 Å². The fourth-order valence-electron chi connectivity index (χ4n) is 3.46. The quantitative estimate of drug-likeness (QED) is 0.237. The normalized spacial score (nSPS) is 11.4. The first kappa shape index (κ1) is 25.8. The SMILES string of the molecule is CCCNc1ccc2c(O)n(-c3ccc(NC(=O)NS(=O)(=O)c4ccc(Cl)s4)cc3Cl)c(=O)cc2c1. The third kappa shape index (κ3) is 5.44. The van der Waals surface area contributed by atoms with Crippen molar-refractivity contribution in [2.45, 2.75) is 17.6 Å². The van der Waals surface area contributed by atoms with Gasteiger partial charge in [0, 0.05) is 29.4 Å². The lowest BCUT2D eigenvalue weighted by Gasteiger charge is -2.15. The van der Waals surface area contributed by atoms with Crippen LogP contribution in [-0.2, 0) is 10.0 Å². The van der Waals surface area contributed by atoms with Gasteiger partial charge in [0.15, 0.2) is 0 Å². The summed E-state index contributed by atoms with van der Waals surface area (Å²) in [5.41, 5.74) is 0.673. The Morgan fingerprint density at radius 2 is 1.81 bits per heavy atom. The number of carbonyl (C=O) groups excluding carboxylic acids is 1. The topological polar surface area (TPSA) is 130 Å². The number of sulfonamides is 1. The first-order valence-electron chi connectivity index (χ1n) is 10.6. The number of amides is 2. The van der Waals surface area contributed by atoms with Crippen molar-refractivity contribution in [3.8, 4) is 11.6 Å². The third-order valence-corrected chi connectivity index (χ3v) is 8.43. The summed E-state index contributed by atoms with van der Waals surface area (Å²) in [6.07, 6.45) is 0.940. The molecule has 0 fully saturated rings. The molecule has 2 aromatic heterocycles. The molecule has 0 saturated heterocycles. The average molecular weight is 567 g/mol. The highest BCUT2D eigenvalue weighted by atomic mass is 35.5. The summed E-state index contributed by atoms with van der Waals surface area (Å²) in [5, 5.41) is 17.5. The summed E-state index contributed by atoms with van der Waals surface area (Å²) in [7, 11) is -4.10. The minimum atomic E-state index is -4.10. The number of nitrogens with zero attached hydrogens (tertiary/aromatic N) is 1. The van der Waals surface area contributed by atoms with E-state index in [1.54, 1.807) is 18.2 Å². The van der Waals surface area contributed by atoms with E-state index < -0.39 is 21.6 Å². The highest BCUT2D eigenvalue weighted by Crippen LogP contribution is 2.31. The minimum Gasteiger partial charge on any atom is -0.494 e. The number of carbonyl (C=O) groups is 1. The van der Waals surface area contributed by atoms with Gasteiger partial charge < -0.3 is 15.7 Å². The van der Waals surface area contributed by atoms with Crippen LogP contribution in [0.15, 0.2) is 63.6 Å². The number of rotatable bonds is 7. The van der Waals surface area contributed by atoms with Crippen LogP contribution in [0, 0.1) is 0 Å². The molecule has 4 rings (SSSR count). The van der Waals surface area contributed by atoms with Crippen LogP contribution in [0.3, 0.4) is 0 Å². The van der Waals surface area contributed by atoms with Crippen molar-refractivity contribution in [1.82, 2.24) is 9.29 Å². The molecule has 0 aliphatic carbocycles. The first-order valence-corrected chi connectivity index (χ1v) is 13.7. The van der Waals surface area contributed by atoms with Crippen molar-refractivity contribution in [3.05, 3.63) is 74.3 Å². The number of halogens is 2. The van der Waals surface area contributed by atoms with E-state index in [4.69, 9.17) is 23.2 Å². The van der Waals surface area contributed by atoms with Gasteiger partial charge >= 0.3 is 6.03 Å². The fourth-order valence-corrected chi connectivity index (χ4v) is 6.11. The second-order valence-corrected chi connectivity index (χ2v) is 11.7. The third-order valence-electron chi connectivity index (χ3n) is 5.07. The number of aromatic nitrogens is 1. The van der Waals surface area contributed by atoms with Crippen LogP contribution in [0.25, 0.3) is 16.5 Å². The Morgan fingerprint density at radius 3 is 2.47 bits per heavy atom. The molecule has 0 unspecified atom stereocenters. The number of anilines is 2. The molecule has 0 saturated carbocycles. The Morgan fingerprint density at radius 1 is 1.06 bits per heavy atom. The molecular weight excluding hydrogens is 547 g/mol. The van der Waals surface area contributed by atoms with Gasteiger partial charge in [-0.15, -0.1) is 11.3 Å². The van der Waals surface area contributed by atoms with Crippen LogP contribution < -0.4 is 20.9 Å². The Labute approximate surface area is 220 Å². The lowest BCUT2D eigenvalue weighted by molar-refractivity contribution is 0.256. The summed E-state index contributed by atoms with van der Waals surface area (Å²) in [4.78, 5) is 25.1. The van der Waals surface area contributed by atoms with Gasteiger partial charge in [0.25, 0.3) is 15.6 Å². The molecule has 0 aliphatic rings. The summed E-state index contributed by atoms with van der Waals surface area (Å²) in [6, 6.07) is 12.5. The summed E-state index contributed by atoms with van der Waals surface area (Å²) in [5.74, 6) is -0.291. The Kier molecular flexibility index (Phi) is 7.46. The number of pyridine rings is 1. The number of thiophene rings is 1. The maximum absolute atomic E-state index is 12.9. The van der Waals surface area contributed by atoms with Gasteiger partial charge in [-0.2, -0.15) is 0 Å². The predicted octanol–water partition coefficient (Wildman–Crippen LogP) is 5.40.